The summed E-state index contributed by atoms with van der Waals surface area (Å²) in [6, 6.07) is 9.11. The number of Topliss-reactive ketones (excluding diaryl/α,β-unsaturated/α-hetero) is 1. The van der Waals surface area contributed by atoms with Crippen molar-refractivity contribution in [1.29, 1.82) is 0 Å². The van der Waals surface area contributed by atoms with Gasteiger partial charge in [0.05, 0.1) is 5.56 Å². The second-order valence-electron chi connectivity index (χ2n) is 6.21. The highest BCUT2D eigenvalue weighted by molar-refractivity contribution is 5.77. The molecule has 2 aromatic carbocycles. The van der Waals surface area contributed by atoms with E-state index in [0.717, 1.165) is 17.7 Å². The van der Waals surface area contributed by atoms with Crippen LogP contribution in [0.25, 0.3) is 0 Å². The van der Waals surface area contributed by atoms with Gasteiger partial charge in [0, 0.05) is 13.0 Å². The van der Waals surface area contributed by atoms with E-state index in [4.69, 9.17) is 4.74 Å². The summed E-state index contributed by atoms with van der Waals surface area (Å²) in [4.78, 5) is 22.8. The molecule has 0 bridgehead atoms. The number of ether oxygens (including phenoxy) is 1. The van der Waals surface area contributed by atoms with Gasteiger partial charge in [-0.2, -0.15) is 13.2 Å². The SMILES string of the molecule is CC(=O)CCc1ccc(OCC(=O)NCc2ccc(F)cc2C(F)(F)F)cc1. The highest BCUT2D eigenvalue weighted by Gasteiger charge is 2.33. The fraction of sp³-hybridized carbons (Fsp3) is 0.300. The number of benzene rings is 2. The maximum absolute atomic E-state index is 13.1. The van der Waals surface area contributed by atoms with Gasteiger partial charge in [0.2, 0.25) is 0 Å². The molecule has 150 valence electrons. The van der Waals surface area contributed by atoms with Crippen molar-refractivity contribution in [2.24, 2.45) is 0 Å². The van der Waals surface area contributed by atoms with Crippen LogP contribution in [0.2, 0.25) is 0 Å². The average Bonchev–Trinajstić information content (AvgIpc) is 2.63. The topological polar surface area (TPSA) is 55.4 Å². The Hall–Kier alpha value is -2.90. The molecule has 0 spiro atoms. The fourth-order valence-electron chi connectivity index (χ4n) is 2.43. The lowest BCUT2D eigenvalue weighted by molar-refractivity contribution is -0.138. The van der Waals surface area contributed by atoms with E-state index in [1.165, 1.54) is 6.92 Å². The van der Waals surface area contributed by atoms with Gasteiger partial charge < -0.3 is 14.8 Å². The van der Waals surface area contributed by atoms with Gasteiger partial charge in [0.15, 0.2) is 6.61 Å². The summed E-state index contributed by atoms with van der Waals surface area (Å²) in [5, 5.41) is 2.32. The monoisotopic (exact) mass is 397 g/mol. The minimum atomic E-state index is -4.72. The van der Waals surface area contributed by atoms with Crippen molar-refractivity contribution in [2.75, 3.05) is 6.61 Å². The second-order valence-corrected chi connectivity index (χ2v) is 6.21. The first-order chi connectivity index (χ1) is 13.1. The van der Waals surface area contributed by atoms with Crippen LogP contribution in [0.15, 0.2) is 42.5 Å². The highest BCUT2D eigenvalue weighted by Crippen LogP contribution is 2.32. The average molecular weight is 397 g/mol. The van der Waals surface area contributed by atoms with Gasteiger partial charge in [-0.3, -0.25) is 4.79 Å². The second kappa shape index (κ2) is 9.34. The largest absolute Gasteiger partial charge is 0.484 e. The van der Waals surface area contributed by atoms with Crippen molar-refractivity contribution in [2.45, 2.75) is 32.5 Å². The zero-order valence-electron chi connectivity index (χ0n) is 15.1. The Morgan fingerprint density at radius 1 is 1.07 bits per heavy atom. The van der Waals surface area contributed by atoms with Crippen molar-refractivity contribution < 1.29 is 31.9 Å². The molecular weight excluding hydrogens is 378 g/mol. The van der Waals surface area contributed by atoms with Crippen molar-refractivity contribution in [3.63, 3.8) is 0 Å². The number of nitrogens with one attached hydrogen (secondary N) is 1. The van der Waals surface area contributed by atoms with Crippen molar-refractivity contribution >= 4 is 11.7 Å². The molecule has 0 aliphatic carbocycles. The fourth-order valence-corrected chi connectivity index (χ4v) is 2.43. The number of halogens is 4. The summed E-state index contributed by atoms with van der Waals surface area (Å²) in [6.07, 6.45) is -3.68. The minimum absolute atomic E-state index is 0.0897. The Balaban J connectivity index is 1.86. The first-order valence-electron chi connectivity index (χ1n) is 8.48. The van der Waals surface area contributed by atoms with Gasteiger partial charge in [-0.05, 0) is 48.7 Å². The lowest BCUT2D eigenvalue weighted by atomic mass is 10.1. The Kier molecular flexibility index (Phi) is 7.14. The Morgan fingerprint density at radius 3 is 2.36 bits per heavy atom. The number of alkyl halides is 3. The Labute approximate surface area is 159 Å². The van der Waals surface area contributed by atoms with Gasteiger partial charge in [0.1, 0.15) is 17.3 Å². The molecular formula is C20H19F4NO3. The molecule has 2 rings (SSSR count). The molecule has 0 saturated heterocycles. The van der Waals surface area contributed by atoms with Crippen molar-refractivity contribution in [3.05, 3.63) is 65.0 Å². The van der Waals surface area contributed by atoms with E-state index in [2.05, 4.69) is 5.32 Å². The minimum Gasteiger partial charge on any atom is -0.484 e. The lowest BCUT2D eigenvalue weighted by Gasteiger charge is -2.14. The van der Waals surface area contributed by atoms with Crippen LogP contribution in [-0.2, 0) is 28.7 Å². The van der Waals surface area contributed by atoms with Crippen LogP contribution < -0.4 is 10.1 Å². The lowest BCUT2D eigenvalue weighted by Crippen LogP contribution is -2.29. The van der Waals surface area contributed by atoms with Crippen LogP contribution in [0, 0.1) is 5.82 Å². The third kappa shape index (κ3) is 6.68. The number of rotatable bonds is 8. The van der Waals surface area contributed by atoms with E-state index < -0.39 is 30.0 Å². The molecule has 28 heavy (non-hydrogen) atoms. The number of hydrogen-bond donors (Lipinski definition) is 1. The van der Waals surface area contributed by atoms with E-state index in [1.807, 2.05) is 0 Å². The molecule has 0 aliphatic rings. The molecule has 0 aliphatic heterocycles. The summed E-state index contributed by atoms with van der Waals surface area (Å²) in [6.45, 7) is 0.732. The third-order valence-electron chi connectivity index (χ3n) is 3.91. The maximum Gasteiger partial charge on any atom is 0.416 e. The number of hydrogen-bond acceptors (Lipinski definition) is 3. The number of amides is 1. The molecule has 0 saturated carbocycles. The molecule has 4 nitrogen and oxygen atoms in total. The van der Waals surface area contributed by atoms with E-state index in [1.54, 1.807) is 24.3 Å². The standard InChI is InChI=1S/C20H19F4NO3/c1-13(26)2-3-14-4-8-17(9-5-14)28-12-19(27)25-11-15-6-7-16(21)10-18(15)20(22,23)24/h4-10H,2-3,11-12H2,1H3,(H,25,27). The molecule has 0 aromatic heterocycles. The predicted octanol–water partition coefficient (Wildman–Crippen LogP) is 4.06. The summed E-state index contributed by atoms with van der Waals surface area (Å²) < 4.78 is 57.2. The maximum atomic E-state index is 13.1. The summed E-state index contributed by atoms with van der Waals surface area (Å²) in [7, 11) is 0. The van der Waals surface area contributed by atoms with Crippen LogP contribution in [-0.4, -0.2) is 18.3 Å². The summed E-state index contributed by atoms with van der Waals surface area (Å²) >= 11 is 0. The van der Waals surface area contributed by atoms with Gasteiger partial charge in [-0.25, -0.2) is 4.39 Å². The highest BCUT2D eigenvalue weighted by atomic mass is 19.4. The zero-order valence-corrected chi connectivity index (χ0v) is 15.1. The van der Waals surface area contributed by atoms with Crippen LogP contribution in [0.4, 0.5) is 17.6 Å². The molecule has 0 heterocycles. The van der Waals surface area contributed by atoms with Crippen LogP contribution in [0.1, 0.15) is 30.0 Å². The summed E-state index contributed by atoms with van der Waals surface area (Å²) in [5.74, 6) is -1.11. The van der Waals surface area contributed by atoms with Gasteiger partial charge in [-0.1, -0.05) is 18.2 Å². The normalized spacial score (nSPS) is 11.2. The van der Waals surface area contributed by atoms with Crippen LogP contribution in [0.5, 0.6) is 5.75 Å². The zero-order chi connectivity index (χ0) is 20.7. The number of aryl methyl sites for hydroxylation is 1. The quantitative estimate of drug-likeness (QED) is 0.684. The number of carbonyl (C=O) groups excluding carboxylic acids is 2. The molecule has 2 aromatic rings. The van der Waals surface area contributed by atoms with Crippen LogP contribution >= 0.6 is 0 Å². The van der Waals surface area contributed by atoms with Gasteiger partial charge >= 0.3 is 6.18 Å². The first kappa shape index (κ1) is 21.4. The molecule has 1 N–H and O–H groups in total. The molecule has 1 amide bonds. The van der Waals surface area contributed by atoms with Gasteiger partial charge in [-0.15, -0.1) is 0 Å². The smallest absolute Gasteiger partial charge is 0.416 e. The van der Waals surface area contributed by atoms with E-state index in [0.29, 0.717) is 24.7 Å². The molecule has 0 atom stereocenters. The number of carbonyl (C=O) groups is 2. The van der Waals surface area contributed by atoms with Crippen molar-refractivity contribution in [3.8, 4) is 5.75 Å². The summed E-state index contributed by atoms with van der Waals surface area (Å²) in [5.41, 5.74) is -0.421. The van der Waals surface area contributed by atoms with E-state index in [9.17, 15) is 27.2 Å². The molecule has 0 fully saturated rings. The van der Waals surface area contributed by atoms with E-state index >= 15 is 0 Å². The Morgan fingerprint density at radius 2 is 1.75 bits per heavy atom. The first-order valence-corrected chi connectivity index (χ1v) is 8.48. The molecule has 8 heteroatoms. The molecule has 0 unspecified atom stereocenters. The third-order valence-corrected chi connectivity index (χ3v) is 3.91. The predicted molar refractivity (Wildman–Crippen MR) is 94.2 cm³/mol. The number of ketones is 1. The van der Waals surface area contributed by atoms with Crippen molar-refractivity contribution in [1.82, 2.24) is 5.32 Å². The molecule has 0 radical (unpaired) electrons. The van der Waals surface area contributed by atoms with E-state index in [-0.39, 0.29) is 18.0 Å². The van der Waals surface area contributed by atoms with Gasteiger partial charge in [0.25, 0.3) is 5.91 Å². The van der Waals surface area contributed by atoms with Crippen LogP contribution in [0.3, 0.4) is 0 Å². The Bertz CT molecular complexity index is 832.